The third kappa shape index (κ3) is 7.12. The van der Waals surface area contributed by atoms with Gasteiger partial charge in [-0.3, -0.25) is 9.79 Å². The van der Waals surface area contributed by atoms with Crippen LogP contribution in [0.2, 0.25) is 0 Å². The molecule has 0 aromatic rings. The van der Waals surface area contributed by atoms with Gasteiger partial charge in [-0.25, -0.2) is 9.36 Å². The molecule has 0 fully saturated rings. The summed E-state index contributed by atoms with van der Waals surface area (Å²) in [4.78, 5) is 27.3. The Morgan fingerprint density at radius 1 is 1.17 bits per heavy atom. The van der Waals surface area contributed by atoms with Gasteiger partial charge in [-0.15, -0.1) is 0 Å². The van der Waals surface area contributed by atoms with E-state index in [1.165, 1.54) is 0 Å². The molecule has 18 heavy (non-hydrogen) atoms. The Kier molecular flexibility index (Phi) is 9.86. The molecule has 0 radical (unpaired) electrons. The van der Waals surface area contributed by atoms with E-state index in [1.54, 1.807) is 0 Å². The first-order valence-electron chi connectivity index (χ1n) is 4.22. The first-order valence-corrected chi connectivity index (χ1v) is 5.75. The van der Waals surface area contributed by atoms with Crippen LogP contribution in [0.5, 0.6) is 0 Å². The van der Waals surface area contributed by atoms with Crippen molar-refractivity contribution in [2.24, 2.45) is 0 Å². The van der Waals surface area contributed by atoms with E-state index in [9.17, 15) is 9.36 Å². The van der Waals surface area contributed by atoms with Crippen LogP contribution in [0, 0.1) is 0 Å². The molecule has 0 aliphatic carbocycles. The summed E-state index contributed by atoms with van der Waals surface area (Å²) in [7, 11) is -5.19. The first kappa shape index (κ1) is 20.7. The van der Waals surface area contributed by atoms with Gasteiger partial charge in [-0.1, -0.05) is 0 Å². The quantitative estimate of drug-likeness (QED) is 0.183. The van der Waals surface area contributed by atoms with E-state index < -0.39 is 44.8 Å². The summed E-state index contributed by atoms with van der Waals surface area (Å²) in [6, 6.07) is 0. The number of rotatable bonds is 6. The fourth-order valence-corrected chi connectivity index (χ4v) is 1.18. The van der Waals surface area contributed by atoms with Crippen molar-refractivity contribution in [2.75, 3.05) is 6.61 Å². The molecule has 0 aliphatic heterocycles. The van der Waals surface area contributed by atoms with E-state index in [-0.39, 0.29) is 31.0 Å². The van der Waals surface area contributed by atoms with Crippen molar-refractivity contribution >= 4 is 13.8 Å². The van der Waals surface area contributed by atoms with Crippen molar-refractivity contribution in [3.8, 4) is 0 Å². The maximum absolute atomic E-state index is 10.8. The van der Waals surface area contributed by atoms with E-state index in [2.05, 4.69) is 4.52 Å². The monoisotopic (exact) mass is 300 g/mol. The van der Waals surface area contributed by atoms with Gasteiger partial charge in [-0.2, -0.15) is 0 Å². The molecule has 12 heteroatoms. The number of aliphatic hydroxyl groups is 5. The van der Waals surface area contributed by atoms with Gasteiger partial charge in [-0.05, 0) is 0 Å². The number of carbonyl (C=O) groups is 1. The number of aliphatic hydroxyl groups excluding tert-OH is 5. The Morgan fingerprint density at radius 2 is 1.61 bits per heavy atom. The smallest absolute Gasteiger partial charge is 1.00 e. The van der Waals surface area contributed by atoms with Gasteiger partial charge in [0.15, 0.2) is 6.10 Å². The average molecular weight is 300 g/mol. The normalized spacial score (nSPS) is 18.2. The minimum absolute atomic E-state index is 0. The molecule has 4 atom stereocenters. The van der Waals surface area contributed by atoms with Gasteiger partial charge in [0.1, 0.15) is 18.3 Å². The fourth-order valence-electron chi connectivity index (χ4n) is 0.833. The standard InChI is InChI=1S/C6H13O10P.Na.H/c7-1-2(8)3(9)4(10)5(11)6(12)16-17(13,14)15;;/h2-5,7-11H,1H2,(H2,13,14,15);;/q;+1;-1/t2-,3-,4+,5+;;/m1../s1. The number of hydrogen-bond acceptors (Lipinski definition) is 8. The van der Waals surface area contributed by atoms with E-state index >= 15 is 0 Å². The third-order valence-corrected chi connectivity index (χ3v) is 2.12. The molecule has 0 rings (SSSR count). The molecule has 0 amide bonds. The topological polar surface area (TPSA) is 185 Å². The van der Waals surface area contributed by atoms with E-state index in [0.717, 1.165) is 0 Å². The first-order chi connectivity index (χ1) is 7.60. The van der Waals surface area contributed by atoms with E-state index in [0.29, 0.717) is 0 Å². The minimum atomic E-state index is -5.19. The Morgan fingerprint density at radius 3 is 1.94 bits per heavy atom. The second kappa shape index (κ2) is 8.56. The zero-order valence-corrected chi connectivity index (χ0v) is 12.2. The molecule has 0 heterocycles. The van der Waals surface area contributed by atoms with Crippen LogP contribution in [-0.2, 0) is 13.9 Å². The van der Waals surface area contributed by atoms with Gasteiger partial charge in [0.25, 0.3) is 0 Å². The number of phosphoric ester groups is 1. The Labute approximate surface area is 125 Å². The van der Waals surface area contributed by atoms with Crippen LogP contribution in [0.4, 0.5) is 0 Å². The summed E-state index contributed by atoms with van der Waals surface area (Å²) in [6.45, 7) is -0.960. The van der Waals surface area contributed by atoms with Crippen molar-refractivity contribution in [3.63, 3.8) is 0 Å². The van der Waals surface area contributed by atoms with E-state index in [1.807, 2.05) is 0 Å². The number of carbonyl (C=O) groups excluding carboxylic acids is 1. The zero-order chi connectivity index (χ0) is 13.8. The number of hydrogen-bond donors (Lipinski definition) is 7. The van der Waals surface area contributed by atoms with Crippen LogP contribution in [0.3, 0.4) is 0 Å². The molecule has 0 aromatic heterocycles. The summed E-state index contributed by atoms with van der Waals surface area (Å²) >= 11 is 0. The van der Waals surface area contributed by atoms with Crippen LogP contribution < -0.4 is 29.6 Å². The van der Waals surface area contributed by atoms with Crippen LogP contribution in [0.25, 0.3) is 0 Å². The SMILES string of the molecule is O=C(OP(=O)(O)O)[C@@H](O)[C@@H](O)[C@H](O)[C@H](O)CO.[H-].[Na+]. The maximum Gasteiger partial charge on any atom is 1.00 e. The summed E-state index contributed by atoms with van der Waals surface area (Å²) in [5, 5.41) is 44.6. The summed E-state index contributed by atoms with van der Waals surface area (Å²) < 4.78 is 13.7. The second-order valence-electron chi connectivity index (χ2n) is 3.08. The molecule has 0 unspecified atom stereocenters. The van der Waals surface area contributed by atoms with Crippen molar-refractivity contribution in [1.82, 2.24) is 0 Å². The fraction of sp³-hybridized carbons (Fsp3) is 0.833. The Hall–Kier alpha value is 0.420. The molecular weight excluding hydrogens is 286 g/mol. The van der Waals surface area contributed by atoms with Gasteiger partial charge in [0, 0.05) is 0 Å². The second-order valence-corrected chi connectivity index (χ2v) is 4.24. The molecule has 0 saturated carbocycles. The predicted molar refractivity (Wildman–Crippen MR) is 50.4 cm³/mol. The van der Waals surface area contributed by atoms with Crippen LogP contribution in [0.1, 0.15) is 1.43 Å². The Balaban J connectivity index is -0.00000128. The van der Waals surface area contributed by atoms with Crippen LogP contribution >= 0.6 is 7.82 Å². The summed E-state index contributed by atoms with van der Waals surface area (Å²) in [5.41, 5.74) is 0. The average Bonchev–Trinajstić information content (AvgIpc) is 2.22. The predicted octanol–water partition coefficient (Wildman–Crippen LogP) is -6.83. The maximum atomic E-state index is 10.8. The van der Waals surface area contributed by atoms with Crippen molar-refractivity contribution in [3.05, 3.63) is 0 Å². The van der Waals surface area contributed by atoms with Crippen LogP contribution in [-0.4, -0.2) is 72.3 Å². The largest absolute Gasteiger partial charge is 1.00 e. The molecule has 10 nitrogen and oxygen atoms in total. The zero-order valence-electron chi connectivity index (χ0n) is 10.3. The van der Waals surface area contributed by atoms with Crippen molar-refractivity contribution < 1.29 is 80.2 Å². The molecule has 104 valence electrons. The van der Waals surface area contributed by atoms with Crippen molar-refractivity contribution in [1.29, 1.82) is 0 Å². The molecular formula is C6H14NaO10P. The molecule has 0 saturated heterocycles. The molecule has 0 bridgehead atoms. The molecule has 7 N–H and O–H groups in total. The van der Waals surface area contributed by atoms with Gasteiger partial charge >= 0.3 is 43.3 Å². The minimum Gasteiger partial charge on any atom is -1.00 e. The summed E-state index contributed by atoms with van der Waals surface area (Å²) in [5.74, 6) is -1.88. The summed E-state index contributed by atoms with van der Waals surface area (Å²) in [6.07, 6.45) is -8.71. The van der Waals surface area contributed by atoms with Gasteiger partial charge in [0.05, 0.1) is 6.61 Å². The number of phosphoric acid groups is 1. The van der Waals surface area contributed by atoms with Crippen LogP contribution in [0.15, 0.2) is 0 Å². The Bertz CT molecular complexity index is 310. The third-order valence-electron chi connectivity index (χ3n) is 1.71. The molecule has 0 spiro atoms. The van der Waals surface area contributed by atoms with E-state index in [4.69, 9.17) is 35.3 Å². The van der Waals surface area contributed by atoms with Gasteiger partial charge < -0.3 is 31.5 Å². The molecule has 0 aromatic carbocycles. The van der Waals surface area contributed by atoms with Crippen molar-refractivity contribution in [2.45, 2.75) is 24.4 Å². The molecule has 0 aliphatic rings. The van der Waals surface area contributed by atoms with Gasteiger partial charge in [0.2, 0.25) is 0 Å².